The second-order valence-corrected chi connectivity index (χ2v) is 19.4. The van der Waals surface area contributed by atoms with E-state index >= 15 is 0 Å². The van der Waals surface area contributed by atoms with Crippen molar-refractivity contribution in [2.24, 2.45) is 0 Å². The van der Waals surface area contributed by atoms with Crippen molar-refractivity contribution in [1.29, 1.82) is 0 Å². The van der Waals surface area contributed by atoms with Crippen molar-refractivity contribution in [3.05, 3.63) is 236 Å². The SMILES string of the molecule is c1ccc(-c2ccc(-c3nc(-c4cccc5c4OC(c4ccccc4)N5)nc(-n4c5ccccc5c5ccc6c7ccccc7n(-c7ccc8c(c7)sc7c(-c9ccccc9)cccc78)c6c54)n3)cc2)cc1. The second-order valence-electron chi connectivity index (χ2n) is 18.4. The fourth-order valence-corrected chi connectivity index (χ4v) is 12.2. The first kappa shape index (κ1) is 40.5. The molecule has 1 aliphatic heterocycles. The van der Waals surface area contributed by atoms with Crippen molar-refractivity contribution in [1.82, 2.24) is 24.1 Å². The van der Waals surface area contributed by atoms with E-state index in [9.17, 15) is 0 Å². The molecule has 10 aromatic carbocycles. The lowest BCUT2D eigenvalue weighted by Crippen LogP contribution is -2.10. The van der Waals surface area contributed by atoms with Crippen LogP contribution in [0.2, 0.25) is 0 Å². The summed E-state index contributed by atoms with van der Waals surface area (Å²) in [6.07, 6.45) is -0.362. The van der Waals surface area contributed by atoms with Crippen LogP contribution in [0.15, 0.2) is 231 Å². The highest BCUT2D eigenvalue weighted by atomic mass is 32.1. The predicted octanol–water partition coefficient (Wildman–Crippen LogP) is 16.6. The van der Waals surface area contributed by atoms with Gasteiger partial charge in [0.1, 0.15) is 0 Å². The predicted molar refractivity (Wildman–Crippen MR) is 297 cm³/mol. The van der Waals surface area contributed by atoms with Gasteiger partial charge in [0.25, 0.3) is 0 Å². The van der Waals surface area contributed by atoms with Crippen LogP contribution in [0.5, 0.6) is 5.75 Å². The van der Waals surface area contributed by atoms with Gasteiger partial charge in [-0.25, -0.2) is 4.98 Å². The third kappa shape index (κ3) is 6.32. The number of nitrogens with zero attached hydrogens (tertiary/aromatic N) is 5. The van der Waals surface area contributed by atoms with Crippen molar-refractivity contribution in [3.63, 3.8) is 0 Å². The molecule has 15 rings (SSSR count). The molecule has 0 fully saturated rings. The Hall–Kier alpha value is -9.37. The van der Waals surface area contributed by atoms with Crippen LogP contribution in [0, 0.1) is 0 Å². The van der Waals surface area contributed by atoms with Gasteiger partial charge in [-0.15, -0.1) is 11.3 Å². The molecule has 4 aromatic heterocycles. The fraction of sp³-hybridized carbons (Fsp3) is 0.0156. The number of benzene rings is 10. The van der Waals surface area contributed by atoms with E-state index in [0.717, 1.165) is 77.4 Å². The number of ether oxygens (including phenoxy) is 1. The maximum absolute atomic E-state index is 6.77. The van der Waals surface area contributed by atoms with Crippen LogP contribution >= 0.6 is 11.3 Å². The third-order valence-corrected chi connectivity index (χ3v) is 15.5. The van der Waals surface area contributed by atoms with Crippen molar-refractivity contribution >= 4 is 80.8 Å². The first-order chi connectivity index (χ1) is 35.7. The topological polar surface area (TPSA) is 69.8 Å². The third-order valence-electron chi connectivity index (χ3n) is 14.2. The Kier molecular flexibility index (Phi) is 9.06. The summed E-state index contributed by atoms with van der Waals surface area (Å²) in [6.45, 7) is 0. The van der Waals surface area contributed by atoms with E-state index in [1.807, 2.05) is 53.8 Å². The monoisotopic (exact) mass is 940 g/mol. The van der Waals surface area contributed by atoms with Gasteiger partial charge in [-0.1, -0.05) is 194 Å². The Morgan fingerprint density at radius 2 is 0.986 bits per heavy atom. The average molecular weight is 941 g/mol. The quantitative estimate of drug-likeness (QED) is 0.172. The summed E-state index contributed by atoms with van der Waals surface area (Å²) in [5.74, 6) is 2.28. The second kappa shape index (κ2) is 16.1. The van der Waals surface area contributed by atoms with Crippen molar-refractivity contribution < 1.29 is 4.74 Å². The Balaban J connectivity index is 0.988. The molecule has 1 atom stereocenters. The minimum absolute atomic E-state index is 0.362. The number of rotatable bonds is 7. The fourth-order valence-electron chi connectivity index (χ4n) is 10.9. The number of fused-ring (bicyclic) bond motifs is 11. The molecule has 0 spiro atoms. The Bertz CT molecular complexity index is 4450. The van der Waals surface area contributed by atoms with E-state index in [4.69, 9.17) is 19.7 Å². The first-order valence-corrected chi connectivity index (χ1v) is 25.0. The van der Waals surface area contributed by atoms with Gasteiger partial charge in [0, 0.05) is 58.5 Å². The molecule has 14 aromatic rings. The largest absolute Gasteiger partial charge is 0.464 e. The minimum Gasteiger partial charge on any atom is -0.464 e. The highest BCUT2D eigenvalue weighted by molar-refractivity contribution is 7.26. The maximum atomic E-state index is 6.77. The lowest BCUT2D eigenvalue weighted by atomic mass is 10.0. The van der Waals surface area contributed by atoms with Crippen LogP contribution < -0.4 is 10.1 Å². The number of aromatic nitrogens is 5. The summed E-state index contributed by atoms with van der Waals surface area (Å²) in [5.41, 5.74) is 13.6. The minimum atomic E-state index is -0.362. The van der Waals surface area contributed by atoms with E-state index in [0.29, 0.717) is 23.3 Å². The van der Waals surface area contributed by atoms with Crippen molar-refractivity contribution in [3.8, 4) is 62.4 Å². The zero-order valence-electron chi connectivity index (χ0n) is 38.6. The van der Waals surface area contributed by atoms with Crippen molar-refractivity contribution in [2.75, 3.05) is 5.32 Å². The number of nitrogens with one attached hydrogen (secondary N) is 1. The molecule has 7 nitrogen and oxygen atoms in total. The van der Waals surface area contributed by atoms with Crippen LogP contribution in [0.4, 0.5) is 5.69 Å². The van der Waals surface area contributed by atoms with Gasteiger partial charge < -0.3 is 14.6 Å². The molecule has 0 radical (unpaired) electrons. The standard InChI is InChI=1S/C64H40N6OS/c1-4-16-39(17-5-1)40-30-32-42(33-31-40)61-66-62(52-26-15-27-53-59(52)71-63(65-53)43-20-8-3-9-21-43)68-64(67-61)70-55-29-13-11-23-47(55)50-37-36-49-46-22-10-12-28-54(46)69(57(49)58(50)70)44-34-35-48-51-25-14-24-45(41-18-6-2-7-19-41)60(51)72-56(48)38-44/h1-38,63,65H. The Morgan fingerprint density at radius 1 is 0.417 bits per heavy atom. The van der Waals surface area contributed by atoms with Gasteiger partial charge in [-0.05, 0) is 58.7 Å². The molecule has 0 amide bonds. The summed E-state index contributed by atoms with van der Waals surface area (Å²) in [5, 5.41) is 10.6. The van der Waals surface area contributed by atoms with Gasteiger partial charge >= 0.3 is 0 Å². The molecule has 1 aliphatic rings. The van der Waals surface area contributed by atoms with Gasteiger partial charge in [0.15, 0.2) is 23.6 Å². The normalized spacial score (nSPS) is 13.4. The zero-order chi connectivity index (χ0) is 47.3. The molecular weight excluding hydrogens is 901 g/mol. The van der Waals surface area contributed by atoms with E-state index < -0.39 is 0 Å². The maximum Gasteiger partial charge on any atom is 0.238 e. The summed E-state index contributed by atoms with van der Waals surface area (Å²) >= 11 is 1.86. The Morgan fingerprint density at radius 3 is 1.74 bits per heavy atom. The lowest BCUT2D eigenvalue weighted by molar-refractivity contribution is 0.260. The average Bonchev–Trinajstić information content (AvgIpc) is 4.23. The van der Waals surface area contributed by atoms with Crippen LogP contribution in [0.1, 0.15) is 11.8 Å². The number of anilines is 1. The van der Waals surface area contributed by atoms with Crippen molar-refractivity contribution in [2.45, 2.75) is 6.23 Å². The Labute approximate surface area is 417 Å². The highest BCUT2D eigenvalue weighted by Gasteiger charge is 2.29. The van der Waals surface area contributed by atoms with Crippen LogP contribution in [-0.2, 0) is 0 Å². The van der Waals surface area contributed by atoms with Crippen LogP contribution in [-0.4, -0.2) is 24.1 Å². The number of hydrogen-bond acceptors (Lipinski definition) is 6. The molecule has 0 aliphatic carbocycles. The van der Waals surface area contributed by atoms with E-state index in [1.165, 1.54) is 36.7 Å². The van der Waals surface area contributed by atoms with E-state index in [2.05, 4.69) is 203 Å². The smallest absolute Gasteiger partial charge is 0.238 e. The van der Waals surface area contributed by atoms with Gasteiger partial charge in [-0.2, -0.15) is 9.97 Å². The van der Waals surface area contributed by atoms with Crippen LogP contribution in [0.3, 0.4) is 0 Å². The molecule has 1 N–H and O–H groups in total. The zero-order valence-corrected chi connectivity index (χ0v) is 39.4. The molecule has 0 bridgehead atoms. The molecule has 72 heavy (non-hydrogen) atoms. The van der Waals surface area contributed by atoms with Gasteiger partial charge in [0.2, 0.25) is 5.95 Å². The molecule has 0 saturated heterocycles. The summed E-state index contributed by atoms with van der Waals surface area (Å²) in [6, 6.07) is 81.6. The summed E-state index contributed by atoms with van der Waals surface area (Å²) < 4.78 is 14.0. The van der Waals surface area contributed by atoms with E-state index in [-0.39, 0.29) is 6.23 Å². The molecule has 5 heterocycles. The van der Waals surface area contributed by atoms with Gasteiger partial charge in [0.05, 0.1) is 33.3 Å². The lowest BCUT2D eigenvalue weighted by Gasteiger charge is -2.14. The van der Waals surface area contributed by atoms with Gasteiger partial charge in [-0.3, -0.25) is 4.57 Å². The molecule has 338 valence electrons. The number of para-hydroxylation sites is 3. The highest BCUT2D eigenvalue weighted by Crippen LogP contribution is 2.47. The van der Waals surface area contributed by atoms with Crippen LogP contribution in [0.25, 0.3) is 120 Å². The number of thiophene rings is 1. The first-order valence-electron chi connectivity index (χ1n) is 24.2. The molecule has 8 heteroatoms. The van der Waals surface area contributed by atoms with E-state index in [1.54, 1.807) is 0 Å². The molecule has 0 saturated carbocycles. The number of hydrogen-bond donors (Lipinski definition) is 1. The summed E-state index contributed by atoms with van der Waals surface area (Å²) in [7, 11) is 0. The molecule has 1 unspecified atom stereocenters. The molecular formula is C64H40N6OS. The summed E-state index contributed by atoms with van der Waals surface area (Å²) in [4.78, 5) is 16.3.